The Hall–Kier alpha value is -1.56. The number of aryl methyl sites for hydroxylation is 2. The van der Waals surface area contributed by atoms with Gasteiger partial charge < -0.3 is 5.11 Å². The Morgan fingerprint density at radius 3 is 2.45 bits per heavy atom. The molecule has 1 aromatic rings. The highest BCUT2D eigenvalue weighted by molar-refractivity contribution is 7.92. The smallest absolute Gasteiger partial charge is 0.303 e. The molecule has 0 unspecified atom stereocenters. The molecule has 0 aliphatic carbocycles. The number of carboxylic acid groups (broad SMARTS) is 1. The first-order valence-electron chi connectivity index (χ1n) is 6.57. The van der Waals surface area contributed by atoms with Crippen LogP contribution >= 0.6 is 0 Å². The zero-order valence-corrected chi connectivity index (χ0v) is 12.9. The van der Waals surface area contributed by atoms with Gasteiger partial charge >= 0.3 is 5.97 Å². The largest absolute Gasteiger partial charge is 0.481 e. The van der Waals surface area contributed by atoms with Crippen molar-refractivity contribution in [3.05, 3.63) is 29.3 Å². The van der Waals surface area contributed by atoms with E-state index in [1.807, 2.05) is 26.0 Å². The number of anilines is 1. The molecule has 0 radical (unpaired) electrons. The molecule has 0 saturated carbocycles. The first-order valence-corrected chi connectivity index (χ1v) is 8.18. The lowest BCUT2D eigenvalue weighted by molar-refractivity contribution is -0.137. The number of carboxylic acids is 1. The molecule has 0 aliphatic rings. The van der Waals surface area contributed by atoms with Gasteiger partial charge in [-0.1, -0.05) is 17.7 Å². The summed E-state index contributed by atoms with van der Waals surface area (Å²) >= 11 is 0. The Morgan fingerprint density at radius 1 is 1.30 bits per heavy atom. The van der Waals surface area contributed by atoms with Gasteiger partial charge in [0.15, 0.2) is 0 Å². The molecule has 0 bridgehead atoms. The summed E-state index contributed by atoms with van der Waals surface area (Å²) in [5, 5.41) is 8.68. The molecule has 0 aromatic heterocycles. The number of rotatable bonds is 7. The van der Waals surface area contributed by atoms with Crippen LogP contribution in [-0.4, -0.2) is 31.8 Å². The summed E-state index contributed by atoms with van der Waals surface area (Å²) in [5.41, 5.74) is 2.56. The van der Waals surface area contributed by atoms with E-state index in [1.54, 1.807) is 13.0 Å². The zero-order valence-electron chi connectivity index (χ0n) is 12.1. The van der Waals surface area contributed by atoms with Crippen molar-refractivity contribution in [3.63, 3.8) is 0 Å². The molecule has 1 N–H and O–H groups in total. The third-order valence-electron chi connectivity index (χ3n) is 3.07. The van der Waals surface area contributed by atoms with Crippen LogP contribution in [0.4, 0.5) is 5.69 Å². The van der Waals surface area contributed by atoms with E-state index in [0.717, 1.165) is 11.1 Å². The summed E-state index contributed by atoms with van der Waals surface area (Å²) in [4.78, 5) is 10.6. The summed E-state index contributed by atoms with van der Waals surface area (Å²) < 4.78 is 25.7. The highest BCUT2D eigenvalue weighted by Crippen LogP contribution is 2.24. The van der Waals surface area contributed by atoms with Crippen LogP contribution in [0.15, 0.2) is 18.2 Å². The van der Waals surface area contributed by atoms with Gasteiger partial charge in [-0.2, -0.15) is 0 Å². The summed E-state index contributed by atoms with van der Waals surface area (Å²) in [6, 6.07) is 5.56. The average molecular weight is 299 g/mol. The second kappa shape index (κ2) is 6.74. The third-order valence-corrected chi connectivity index (χ3v) is 4.85. The van der Waals surface area contributed by atoms with Gasteiger partial charge in [0.2, 0.25) is 10.0 Å². The van der Waals surface area contributed by atoms with E-state index in [0.29, 0.717) is 12.1 Å². The second-order valence-corrected chi connectivity index (χ2v) is 6.94. The molecular formula is C14H21NO4S. The Kier molecular flexibility index (Phi) is 5.56. The summed E-state index contributed by atoms with van der Waals surface area (Å²) in [6.07, 6.45) is 0.253. The molecular weight excluding hydrogens is 278 g/mol. The quantitative estimate of drug-likeness (QED) is 0.838. The van der Waals surface area contributed by atoms with Crippen LogP contribution in [0.1, 0.15) is 30.9 Å². The second-order valence-electron chi connectivity index (χ2n) is 4.76. The maximum atomic E-state index is 12.2. The van der Waals surface area contributed by atoms with E-state index in [1.165, 1.54) is 4.31 Å². The fraction of sp³-hybridized carbons (Fsp3) is 0.500. The van der Waals surface area contributed by atoms with Gasteiger partial charge in [0.25, 0.3) is 0 Å². The van der Waals surface area contributed by atoms with Gasteiger partial charge in [0.05, 0.1) is 11.4 Å². The molecule has 112 valence electrons. The number of benzene rings is 1. The molecule has 0 aliphatic heterocycles. The number of nitrogens with zero attached hydrogens (tertiary/aromatic N) is 1. The highest BCUT2D eigenvalue weighted by atomic mass is 32.2. The number of hydrogen-bond donors (Lipinski definition) is 1. The first kappa shape index (κ1) is 16.5. The Labute approximate surface area is 120 Å². The van der Waals surface area contributed by atoms with Crippen molar-refractivity contribution in [3.8, 4) is 0 Å². The molecule has 6 heteroatoms. The molecule has 1 aromatic carbocycles. The monoisotopic (exact) mass is 299 g/mol. The number of hydrogen-bond acceptors (Lipinski definition) is 3. The third kappa shape index (κ3) is 4.23. The van der Waals surface area contributed by atoms with Crippen molar-refractivity contribution in [2.45, 2.75) is 33.6 Å². The standard InChI is InChI=1S/C14H21NO4S/c1-4-20(18,19)15(9-5-6-14(16)17)13-8-7-11(2)10-12(13)3/h7-8,10H,4-6,9H2,1-3H3,(H,16,17). The van der Waals surface area contributed by atoms with E-state index in [-0.39, 0.29) is 18.7 Å². The molecule has 0 heterocycles. The van der Waals surface area contributed by atoms with Crippen LogP contribution in [0.2, 0.25) is 0 Å². The number of sulfonamides is 1. The molecule has 20 heavy (non-hydrogen) atoms. The maximum absolute atomic E-state index is 12.2. The van der Waals surface area contributed by atoms with Crippen molar-refractivity contribution in [2.24, 2.45) is 0 Å². The highest BCUT2D eigenvalue weighted by Gasteiger charge is 2.21. The Bertz CT molecular complexity index is 581. The molecule has 5 nitrogen and oxygen atoms in total. The Balaban J connectivity index is 3.07. The van der Waals surface area contributed by atoms with Crippen molar-refractivity contribution in [1.82, 2.24) is 0 Å². The number of carbonyl (C=O) groups is 1. The fourth-order valence-electron chi connectivity index (χ4n) is 2.02. The van der Waals surface area contributed by atoms with E-state index in [9.17, 15) is 13.2 Å². The summed E-state index contributed by atoms with van der Waals surface area (Å²) in [6.45, 7) is 5.58. The van der Waals surface area contributed by atoms with Crippen LogP contribution in [0.5, 0.6) is 0 Å². The van der Waals surface area contributed by atoms with Crippen molar-refractivity contribution in [2.75, 3.05) is 16.6 Å². The lowest BCUT2D eigenvalue weighted by Gasteiger charge is -2.25. The lowest BCUT2D eigenvalue weighted by atomic mass is 10.1. The van der Waals surface area contributed by atoms with Crippen LogP contribution in [0, 0.1) is 13.8 Å². The predicted molar refractivity (Wildman–Crippen MR) is 79.6 cm³/mol. The van der Waals surface area contributed by atoms with Crippen LogP contribution in [0.25, 0.3) is 0 Å². The molecule has 0 fully saturated rings. The van der Waals surface area contributed by atoms with Crippen molar-refractivity contribution < 1.29 is 18.3 Å². The molecule has 0 spiro atoms. The van der Waals surface area contributed by atoms with E-state index in [4.69, 9.17) is 5.11 Å². The zero-order chi connectivity index (χ0) is 15.3. The Morgan fingerprint density at radius 2 is 1.95 bits per heavy atom. The van der Waals surface area contributed by atoms with E-state index < -0.39 is 16.0 Å². The van der Waals surface area contributed by atoms with Crippen molar-refractivity contribution >= 4 is 21.7 Å². The van der Waals surface area contributed by atoms with Gasteiger partial charge in [0.1, 0.15) is 0 Å². The van der Waals surface area contributed by atoms with Crippen LogP contribution in [-0.2, 0) is 14.8 Å². The molecule has 0 atom stereocenters. The van der Waals surface area contributed by atoms with Crippen LogP contribution < -0.4 is 4.31 Å². The minimum atomic E-state index is -3.41. The van der Waals surface area contributed by atoms with Crippen molar-refractivity contribution in [1.29, 1.82) is 0 Å². The minimum absolute atomic E-state index is 0.00656. The normalized spacial score (nSPS) is 11.3. The average Bonchev–Trinajstić information content (AvgIpc) is 2.35. The first-order chi connectivity index (χ1) is 9.27. The minimum Gasteiger partial charge on any atom is -0.481 e. The summed E-state index contributed by atoms with van der Waals surface area (Å²) in [7, 11) is -3.41. The van der Waals surface area contributed by atoms with Gasteiger partial charge in [-0.3, -0.25) is 9.10 Å². The fourth-order valence-corrected chi connectivity index (χ4v) is 3.25. The molecule has 0 saturated heterocycles. The summed E-state index contributed by atoms with van der Waals surface area (Å²) in [5.74, 6) is -0.924. The lowest BCUT2D eigenvalue weighted by Crippen LogP contribution is -2.34. The van der Waals surface area contributed by atoms with Crippen LogP contribution in [0.3, 0.4) is 0 Å². The number of aliphatic carboxylic acids is 1. The topological polar surface area (TPSA) is 74.7 Å². The van der Waals surface area contributed by atoms with Gasteiger partial charge in [-0.25, -0.2) is 8.42 Å². The predicted octanol–water partition coefficient (Wildman–Crippen LogP) is 2.32. The molecule has 0 amide bonds. The van der Waals surface area contributed by atoms with Gasteiger partial charge in [-0.15, -0.1) is 0 Å². The maximum Gasteiger partial charge on any atom is 0.303 e. The van der Waals surface area contributed by atoms with E-state index in [2.05, 4.69) is 0 Å². The van der Waals surface area contributed by atoms with Gasteiger partial charge in [-0.05, 0) is 38.8 Å². The SMILES string of the molecule is CCS(=O)(=O)N(CCCC(=O)O)c1ccc(C)cc1C. The van der Waals surface area contributed by atoms with Gasteiger partial charge in [0, 0.05) is 13.0 Å². The van der Waals surface area contributed by atoms with E-state index >= 15 is 0 Å². The molecule has 1 rings (SSSR count).